The summed E-state index contributed by atoms with van der Waals surface area (Å²) >= 11 is 0. The first-order valence-electron chi connectivity index (χ1n) is 12.2. The van der Waals surface area contributed by atoms with E-state index in [9.17, 15) is 14.7 Å². The van der Waals surface area contributed by atoms with Gasteiger partial charge in [0.15, 0.2) is 8.32 Å². The van der Waals surface area contributed by atoms with Crippen molar-refractivity contribution >= 4 is 33.9 Å². The highest BCUT2D eigenvalue weighted by atomic mass is 28.4. The van der Waals surface area contributed by atoms with Crippen LogP contribution in [0.5, 0.6) is 5.75 Å². The molecule has 0 radical (unpaired) electrons. The molecule has 0 unspecified atom stereocenters. The minimum atomic E-state index is -2.06. The topological polar surface area (TPSA) is 79.3 Å². The summed E-state index contributed by atoms with van der Waals surface area (Å²) in [6, 6.07) is 3.60. The Hall–Kier alpha value is -1.69. The maximum absolute atomic E-state index is 13.8. The number of phenols is 1. The fourth-order valence-corrected chi connectivity index (χ4v) is 6.25. The van der Waals surface area contributed by atoms with Gasteiger partial charge in [-0.15, -0.1) is 0 Å². The average Bonchev–Trinajstić information content (AvgIpc) is 3.07. The van der Waals surface area contributed by atoms with Crippen molar-refractivity contribution in [2.75, 3.05) is 24.8 Å². The summed E-state index contributed by atoms with van der Waals surface area (Å²) in [6.07, 6.45) is 0.288. The molecule has 2 amide bonds. The summed E-state index contributed by atoms with van der Waals surface area (Å²) in [5, 5.41) is 10.4. The molecule has 0 saturated carbocycles. The molecule has 3 rings (SSSR count). The normalized spacial score (nSPS) is 21.6. The number of benzene rings is 1. The largest absolute Gasteiger partial charge is 0.508 e. The fourth-order valence-electron chi connectivity index (χ4n) is 4.13. The number of phenolic OH excluding ortho intramolecular Hbond substituents is 1. The van der Waals surface area contributed by atoms with Crippen LogP contribution in [0.3, 0.4) is 0 Å². The van der Waals surface area contributed by atoms with Crippen LogP contribution < -0.4 is 4.90 Å². The van der Waals surface area contributed by atoms with Gasteiger partial charge in [0.2, 0.25) is 0 Å². The Morgan fingerprint density at radius 3 is 2.35 bits per heavy atom. The van der Waals surface area contributed by atoms with Crippen molar-refractivity contribution in [3.05, 3.63) is 23.3 Å². The van der Waals surface area contributed by atoms with Gasteiger partial charge in [-0.1, -0.05) is 40.4 Å². The maximum Gasteiger partial charge on any atom is 0.256 e. The standard InChI is InChI=1S/C25H42N2O5Si2/c1-17-12-20-19(14-22(17)28)23(29)26-15-18(32-34(8,9)25(2,3)4)13-21(26)24(30)27(20)16-31-10-11-33(5,6)7/h12,14,18,21,28H,10-11,13,15-16H2,1-9H3/t18-,21+/m1/s1. The molecule has 2 aliphatic rings. The van der Waals surface area contributed by atoms with Crippen LogP contribution in [0.1, 0.15) is 43.1 Å². The van der Waals surface area contributed by atoms with Crippen LogP contribution >= 0.6 is 0 Å². The van der Waals surface area contributed by atoms with Crippen molar-refractivity contribution in [3.8, 4) is 5.75 Å². The van der Waals surface area contributed by atoms with Gasteiger partial charge in [-0.25, -0.2) is 0 Å². The molecule has 2 aliphatic heterocycles. The molecule has 0 bridgehead atoms. The van der Waals surface area contributed by atoms with Crippen molar-refractivity contribution < 1.29 is 23.9 Å². The van der Waals surface area contributed by atoms with Gasteiger partial charge < -0.3 is 19.2 Å². The van der Waals surface area contributed by atoms with Gasteiger partial charge in [-0.05, 0) is 48.8 Å². The monoisotopic (exact) mass is 506 g/mol. The van der Waals surface area contributed by atoms with Crippen LogP contribution in [0.2, 0.25) is 43.8 Å². The zero-order valence-corrected chi connectivity index (χ0v) is 24.3. The van der Waals surface area contributed by atoms with Crippen molar-refractivity contribution in [1.29, 1.82) is 0 Å². The van der Waals surface area contributed by atoms with Gasteiger partial charge in [0.25, 0.3) is 11.8 Å². The van der Waals surface area contributed by atoms with Crippen molar-refractivity contribution in [2.24, 2.45) is 0 Å². The van der Waals surface area contributed by atoms with Crippen molar-refractivity contribution in [2.45, 2.75) is 90.1 Å². The quantitative estimate of drug-likeness (QED) is 0.417. The highest BCUT2D eigenvalue weighted by Crippen LogP contribution is 2.41. The van der Waals surface area contributed by atoms with Crippen LogP contribution in [-0.4, -0.2) is 70.2 Å². The molecule has 1 saturated heterocycles. The summed E-state index contributed by atoms with van der Waals surface area (Å²) in [5.74, 6) is -0.341. The first-order valence-corrected chi connectivity index (χ1v) is 18.8. The third-order valence-electron chi connectivity index (χ3n) is 7.39. The zero-order valence-electron chi connectivity index (χ0n) is 22.3. The second-order valence-electron chi connectivity index (χ2n) is 12.5. The number of rotatable bonds is 7. The molecule has 0 aliphatic carbocycles. The second-order valence-corrected chi connectivity index (χ2v) is 22.9. The molecule has 7 nitrogen and oxygen atoms in total. The molecule has 1 fully saturated rings. The molecule has 1 N–H and O–H groups in total. The fraction of sp³-hybridized carbons (Fsp3) is 0.680. The molecule has 9 heteroatoms. The Labute approximate surface area is 206 Å². The van der Waals surface area contributed by atoms with E-state index < -0.39 is 22.4 Å². The van der Waals surface area contributed by atoms with E-state index in [-0.39, 0.29) is 35.4 Å². The Kier molecular flexibility index (Phi) is 7.44. The predicted molar refractivity (Wildman–Crippen MR) is 141 cm³/mol. The van der Waals surface area contributed by atoms with E-state index in [0.29, 0.717) is 36.4 Å². The van der Waals surface area contributed by atoms with Crippen LogP contribution in [0, 0.1) is 6.92 Å². The van der Waals surface area contributed by atoms with E-state index in [0.717, 1.165) is 6.04 Å². The molecule has 190 valence electrons. The van der Waals surface area contributed by atoms with Gasteiger partial charge in [0.05, 0.1) is 17.4 Å². The number of carbonyl (C=O) groups excluding carboxylic acids is 2. The van der Waals surface area contributed by atoms with Gasteiger partial charge in [-0.3, -0.25) is 14.5 Å². The van der Waals surface area contributed by atoms with Crippen molar-refractivity contribution in [3.63, 3.8) is 0 Å². The summed E-state index contributed by atoms with van der Waals surface area (Å²) < 4.78 is 12.6. The highest BCUT2D eigenvalue weighted by Gasteiger charge is 2.49. The molecule has 0 spiro atoms. The van der Waals surface area contributed by atoms with Crippen LogP contribution in [0.25, 0.3) is 0 Å². The summed E-state index contributed by atoms with van der Waals surface area (Å²) in [5.41, 5.74) is 1.46. The number of carbonyl (C=O) groups is 2. The van der Waals surface area contributed by atoms with Gasteiger partial charge in [-0.2, -0.15) is 0 Å². The summed E-state index contributed by atoms with van der Waals surface area (Å²) in [6.45, 7) is 20.6. The number of hydrogen-bond donors (Lipinski definition) is 1. The Morgan fingerprint density at radius 1 is 1.12 bits per heavy atom. The van der Waals surface area contributed by atoms with E-state index >= 15 is 0 Å². The number of aryl methyl sites for hydroxylation is 1. The first kappa shape index (κ1) is 26.9. The molecule has 1 aromatic rings. The van der Waals surface area contributed by atoms with Gasteiger partial charge in [0, 0.05) is 27.6 Å². The lowest BCUT2D eigenvalue weighted by molar-refractivity contribution is -0.123. The molecule has 2 heterocycles. The molecular weight excluding hydrogens is 464 g/mol. The number of nitrogens with zero attached hydrogens (tertiary/aromatic N) is 2. The van der Waals surface area contributed by atoms with Crippen LogP contribution in [-0.2, 0) is 14.0 Å². The van der Waals surface area contributed by atoms with E-state index in [4.69, 9.17) is 9.16 Å². The number of anilines is 1. The van der Waals surface area contributed by atoms with Crippen molar-refractivity contribution in [1.82, 2.24) is 4.90 Å². The molecule has 2 atom stereocenters. The molecule has 1 aromatic carbocycles. The highest BCUT2D eigenvalue weighted by molar-refractivity contribution is 6.76. The SMILES string of the molecule is Cc1cc2c(cc1O)C(=O)N1C[C@H](O[Si](C)(C)C(C)(C)C)C[C@H]1C(=O)N2COCC[Si](C)(C)C. The smallest absolute Gasteiger partial charge is 0.256 e. The Morgan fingerprint density at radius 2 is 1.76 bits per heavy atom. The zero-order chi connectivity index (χ0) is 25.6. The van der Waals surface area contributed by atoms with Crippen LogP contribution in [0.4, 0.5) is 5.69 Å². The third-order valence-corrected chi connectivity index (χ3v) is 13.6. The molecule has 34 heavy (non-hydrogen) atoms. The number of hydrogen-bond acceptors (Lipinski definition) is 5. The second kappa shape index (κ2) is 9.40. The Bertz CT molecular complexity index is 952. The molecule has 0 aromatic heterocycles. The number of amides is 2. The van der Waals surface area contributed by atoms with E-state index in [2.05, 4.69) is 53.5 Å². The number of aromatic hydroxyl groups is 1. The lowest BCUT2D eigenvalue weighted by Crippen LogP contribution is -2.45. The Balaban J connectivity index is 1.91. The first-order chi connectivity index (χ1) is 15.5. The summed E-state index contributed by atoms with van der Waals surface area (Å²) in [4.78, 5) is 30.6. The van der Waals surface area contributed by atoms with E-state index in [1.54, 1.807) is 22.8 Å². The van der Waals surface area contributed by atoms with E-state index in [1.807, 2.05) is 0 Å². The number of fused-ring (bicyclic) bond motifs is 2. The minimum absolute atomic E-state index is 0.0349. The lowest BCUT2D eigenvalue weighted by atomic mass is 10.1. The predicted octanol–water partition coefficient (Wildman–Crippen LogP) is 4.96. The van der Waals surface area contributed by atoms with Gasteiger partial charge >= 0.3 is 0 Å². The average molecular weight is 507 g/mol. The number of ether oxygens (including phenoxy) is 1. The summed E-state index contributed by atoms with van der Waals surface area (Å²) in [7, 11) is -3.34. The van der Waals surface area contributed by atoms with Gasteiger partial charge in [0.1, 0.15) is 18.5 Å². The van der Waals surface area contributed by atoms with E-state index in [1.165, 1.54) is 6.07 Å². The third kappa shape index (κ3) is 5.58. The molecular formula is C25H42N2O5Si2. The minimum Gasteiger partial charge on any atom is -0.508 e. The maximum atomic E-state index is 13.8. The lowest BCUT2D eigenvalue weighted by Gasteiger charge is -2.38. The van der Waals surface area contributed by atoms with Crippen LogP contribution in [0.15, 0.2) is 12.1 Å².